The predicted molar refractivity (Wildman–Crippen MR) is 89.3 cm³/mol. The number of nitrogens with zero attached hydrogens (tertiary/aromatic N) is 1. The fourth-order valence-corrected chi connectivity index (χ4v) is 4.45. The predicted octanol–water partition coefficient (Wildman–Crippen LogP) is 1.39. The van der Waals surface area contributed by atoms with Crippen molar-refractivity contribution in [2.24, 2.45) is 0 Å². The number of para-hydroxylation sites is 1. The highest BCUT2D eigenvalue weighted by atomic mass is 35.5. The lowest BCUT2D eigenvalue weighted by Gasteiger charge is -2.22. The molecular formula is C15H19ClN2O4S. The van der Waals surface area contributed by atoms with Gasteiger partial charge in [0.25, 0.3) is 0 Å². The summed E-state index contributed by atoms with van der Waals surface area (Å²) in [6.45, 7) is 1.59. The molecule has 0 aromatic heterocycles. The average molecular weight is 359 g/mol. The van der Waals surface area contributed by atoms with Crippen LogP contribution in [-0.2, 0) is 19.4 Å². The van der Waals surface area contributed by atoms with Crippen LogP contribution < -0.4 is 10.2 Å². The summed E-state index contributed by atoms with van der Waals surface area (Å²) in [5.74, 6) is -0.392. The van der Waals surface area contributed by atoms with Crippen molar-refractivity contribution in [2.75, 3.05) is 23.0 Å². The quantitative estimate of drug-likeness (QED) is 0.862. The van der Waals surface area contributed by atoms with Crippen LogP contribution in [0.3, 0.4) is 0 Å². The number of hydrogen-bond acceptors (Lipinski definition) is 4. The van der Waals surface area contributed by atoms with Crippen molar-refractivity contribution < 1.29 is 18.0 Å². The first kappa shape index (κ1) is 17.7. The molecule has 1 aliphatic rings. The summed E-state index contributed by atoms with van der Waals surface area (Å²) < 4.78 is 22.8. The van der Waals surface area contributed by atoms with Gasteiger partial charge in [0.15, 0.2) is 9.84 Å². The molecule has 2 amide bonds. The number of anilines is 1. The van der Waals surface area contributed by atoms with Gasteiger partial charge >= 0.3 is 0 Å². The Balaban J connectivity index is 1.93. The second kappa shape index (κ2) is 7.31. The molecule has 2 rings (SSSR count). The highest BCUT2D eigenvalue weighted by Crippen LogP contribution is 2.25. The number of rotatable bonds is 5. The van der Waals surface area contributed by atoms with Crippen molar-refractivity contribution in [1.29, 1.82) is 0 Å². The highest BCUT2D eigenvalue weighted by molar-refractivity contribution is 7.91. The minimum Gasteiger partial charge on any atom is -0.352 e. The van der Waals surface area contributed by atoms with Gasteiger partial charge in [0.1, 0.15) is 0 Å². The molecule has 1 saturated heterocycles. The molecule has 0 aliphatic carbocycles. The van der Waals surface area contributed by atoms with E-state index < -0.39 is 9.84 Å². The smallest absolute Gasteiger partial charge is 0.223 e. The van der Waals surface area contributed by atoms with Crippen LogP contribution in [0.1, 0.15) is 19.8 Å². The van der Waals surface area contributed by atoms with Gasteiger partial charge in [-0.15, -0.1) is 0 Å². The minimum absolute atomic E-state index is 0.0142. The first-order valence-corrected chi connectivity index (χ1v) is 9.51. The molecule has 1 heterocycles. The van der Waals surface area contributed by atoms with Crippen molar-refractivity contribution in [1.82, 2.24) is 5.32 Å². The standard InChI is InChI=1S/C15H19ClN2O4S/c1-11(19)18(14-5-3-2-4-13(14)16)8-6-15(20)17-12-7-9-23(21,22)10-12/h2-5,12H,6-10H2,1H3,(H,17,20). The normalized spacial score (nSPS) is 19.3. The highest BCUT2D eigenvalue weighted by Gasteiger charge is 2.29. The SMILES string of the molecule is CC(=O)N(CCC(=O)NC1CCS(=O)(=O)C1)c1ccccc1Cl. The van der Waals surface area contributed by atoms with Gasteiger partial charge < -0.3 is 10.2 Å². The van der Waals surface area contributed by atoms with Crippen molar-refractivity contribution in [3.8, 4) is 0 Å². The van der Waals surface area contributed by atoms with Gasteiger partial charge in [0.2, 0.25) is 11.8 Å². The largest absolute Gasteiger partial charge is 0.352 e. The lowest BCUT2D eigenvalue weighted by Crippen LogP contribution is -2.38. The third-order valence-corrected chi connectivity index (χ3v) is 5.77. The molecule has 6 nitrogen and oxygen atoms in total. The van der Waals surface area contributed by atoms with Crippen molar-refractivity contribution in [2.45, 2.75) is 25.8 Å². The molecule has 0 bridgehead atoms. The number of sulfone groups is 1. The molecule has 1 N–H and O–H groups in total. The summed E-state index contributed by atoms with van der Waals surface area (Å²) >= 11 is 6.09. The van der Waals surface area contributed by atoms with E-state index in [1.54, 1.807) is 24.3 Å². The molecule has 0 radical (unpaired) electrons. The van der Waals surface area contributed by atoms with E-state index in [0.29, 0.717) is 17.1 Å². The number of benzene rings is 1. The van der Waals surface area contributed by atoms with Crippen LogP contribution in [-0.4, -0.2) is 44.3 Å². The maximum atomic E-state index is 12.0. The monoisotopic (exact) mass is 358 g/mol. The Hall–Kier alpha value is -1.60. The molecule has 1 aliphatic heterocycles. The van der Waals surface area contributed by atoms with E-state index in [2.05, 4.69) is 5.32 Å². The van der Waals surface area contributed by atoms with E-state index in [4.69, 9.17) is 11.6 Å². The molecule has 1 fully saturated rings. The molecule has 1 aromatic rings. The fourth-order valence-electron chi connectivity index (χ4n) is 2.54. The number of carbonyl (C=O) groups is 2. The van der Waals surface area contributed by atoms with E-state index in [0.717, 1.165) is 0 Å². The molecule has 0 spiro atoms. The Morgan fingerprint density at radius 3 is 2.61 bits per heavy atom. The Morgan fingerprint density at radius 2 is 2.04 bits per heavy atom. The number of hydrogen-bond donors (Lipinski definition) is 1. The lowest BCUT2D eigenvalue weighted by molar-refractivity contribution is -0.121. The van der Waals surface area contributed by atoms with Gasteiger partial charge in [-0.05, 0) is 18.6 Å². The van der Waals surface area contributed by atoms with Crippen LogP contribution in [0, 0.1) is 0 Å². The molecule has 1 unspecified atom stereocenters. The molecule has 0 saturated carbocycles. The number of amides is 2. The van der Waals surface area contributed by atoms with Crippen LogP contribution in [0.2, 0.25) is 5.02 Å². The first-order valence-electron chi connectivity index (χ1n) is 7.31. The van der Waals surface area contributed by atoms with Crippen LogP contribution >= 0.6 is 11.6 Å². The first-order chi connectivity index (χ1) is 10.8. The summed E-state index contributed by atoms with van der Waals surface area (Å²) in [5, 5.41) is 3.14. The second-order valence-corrected chi connectivity index (χ2v) is 8.18. The molecule has 8 heteroatoms. The van der Waals surface area contributed by atoms with Gasteiger partial charge in [-0.25, -0.2) is 8.42 Å². The zero-order chi connectivity index (χ0) is 17.0. The molecule has 23 heavy (non-hydrogen) atoms. The fraction of sp³-hybridized carbons (Fsp3) is 0.467. The van der Waals surface area contributed by atoms with Gasteiger partial charge in [0, 0.05) is 25.9 Å². The molecule has 1 atom stereocenters. The second-order valence-electron chi connectivity index (χ2n) is 5.54. The van der Waals surface area contributed by atoms with Gasteiger partial charge in [-0.3, -0.25) is 9.59 Å². The van der Waals surface area contributed by atoms with Crippen molar-refractivity contribution >= 4 is 38.9 Å². The molecule has 1 aromatic carbocycles. The van der Waals surface area contributed by atoms with E-state index in [1.807, 2.05) is 0 Å². The summed E-state index contributed by atoms with van der Waals surface area (Å²) in [5.41, 5.74) is 0.554. The van der Waals surface area contributed by atoms with Crippen LogP contribution in [0.15, 0.2) is 24.3 Å². The Labute approximate surface area is 140 Å². The van der Waals surface area contributed by atoms with E-state index >= 15 is 0 Å². The van der Waals surface area contributed by atoms with Gasteiger partial charge in [-0.1, -0.05) is 23.7 Å². The van der Waals surface area contributed by atoms with Crippen LogP contribution in [0.5, 0.6) is 0 Å². The summed E-state index contributed by atoms with van der Waals surface area (Å²) in [4.78, 5) is 25.2. The van der Waals surface area contributed by atoms with E-state index in [-0.39, 0.29) is 42.3 Å². The summed E-state index contributed by atoms with van der Waals surface area (Å²) in [6.07, 6.45) is 0.524. The number of nitrogens with one attached hydrogen (secondary N) is 1. The van der Waals surface area contributed by atoms with Crippen LogP contribution in [0.25, 0.3) is 0 Å². The van der Waals surface area contributed by atoms with E-state index in [9.17, 15) is 18.0 Å². The Bertz CT molecular complexity index is 705. The maximum Gasteiger partial charge on any atom is 0.223 e. The minimum atomic E-state index is -3.03. The summed E-state index contributed by atoms with van der Waals surface area (Å²) in [6, 6.07) is 6.58. The van der Waals surface area contributed by atoms with E-state index in [1.165, 1.54) is 11.8 Å². The zero-order valence-electron chi connectivity index (χ0n) is 12.8. The zero-order valence-corrected chi connectivity index (χ0v) is 14.4. The van der Waals surface area contributed by atoms with Gasteiger partial charge in [-0.2, -0.15) is 0 Å². The lowest BCUT2D eigenvalue weighted by atomic mass is 10.2. The molecular weight excluding hydrogens is 340 g/mol. The average Bonchev–Trinajstić information content (AvgIpc) is 2.79. The van der Waals surface area contributed by atoms with Crippen molar-refractivity contribution in [3.05, 3.63) is 29.3 Å². The third kappa shape index (κ3) is 4.94. The Morgan fingerprint density at radius 1 is 1.35 bits per heavy atom. The maximum absolute atomic E-state index is 12.0. The topological polar surface area (TPSA) is 83.6 Å². The Kier molecular flexibility index (Phi) is 5.64. The van der Waals surface area contributed by atoms with Gasteiger partial charge in [0.05, 0.1) is 22.2 Å². The molecule has 126 valence electrons. The number of halogens is 1. The van der Waals surface area contributed by atoms with Crippen molar-refractivity contribution in [3.63, 3.8) is 0 Å². The van der Waals surface area contributed by atoms with Crippen LogP contribution in [0.4, 0.5) is 5.69 Å². The third-order valence-electron chi connectivity index (χ3n) is 3.68. The summed E-state index contributed by atoms with van der Waals surface area (Å²) in [7, 11) is -3.03. The number of carbonyl (C=O) groups excluding carboxylic acids is 2.